The molecule has 1 atom stereocenters. The Balaban J connectivity index is 2.08. The maximum absolute atomic E-state index is 5.58. The Hall–Kier alpha value is -0.940. The molecule has 0 saturated heterocycles. The lowest BCUT2D eigenvalue weighted by molar-refractivity contribution is 0.0384. The van der Waals surface area contributed by atoms with Gasteiger partial charge in [-0.2, -0.15) is 4.98 Å². The van der Waals surface area contributed by atoms with Gasteiger partial charge in [-0.3, -0.25) is 0 Å². The smallest absolute Gasteiger partial charge is 0.240 e. The summed E-state index contributed by atoms with van der Waals surface area (Å²) in [6, 6.07) is 0. The Morgan fingerprint density at radius 3 is 2.93 bits per heavy atom. The molecule has 1 heterocycles. The minimum absolute atomic E-state index is 0.00375. The molecule has 1 aliphatic rings. The van der Waals surface area contributed by atoms with Crippen LogP contribution in [0.2, 0.25) is 0 Å². The van der Waals surface area contributed by atoms with E-state index in [1.54, 1.807) is 0 Å². The van der Waals surface area contributed by atoms with Crippen LogP contribution < -0.4 is 5.73 Å². The number of rotatable bonds is 5. The Labute approximate surface area is 82.6 Å². The molecule has 1 unspecified atom stereocenters. The standard InChI is InChI=1S/C9H15N3O2/c1-2-13-8(6-3-4-6)9-11-7(5-10)14-12-9/h6,8H,2-5,10H2,1H3. The third-order valence-electron chi connectivity index (χ3n) is 2.31. The zero-order valence-electron chi connectivity index (χ0n) is 8.27. The van der Waals surface area contributed by atoms with Crippen molar-refractivity contribution in [2.75, 3.05) is 6.61 Å². The molecule has 1 aromatic heterocycles. The van der Waals surface area contributed by atoms with E-state index in [1.807, 2.05) is 6.92 Å². The molecule has 5 nitrogen and oxygen atoms in total. The summed E-state index contributed by atoms with van der Waals surface area (Å²) in [6.07, 6.45) is 2.39. The summed E-state index contributed by atoms with van der Waals surface area (Å²) in [5.41, 5.74) is 5.39. The van der Waals surface area contributed by atoms with Gasteiger partial charge >= 0.3 is 0 Å². The van der Waals surface area contributed by atoms with Gasteiger partial charge in [0.2, 0.25) is 11.7 Å². The number of aromatic nitrogens is 2. The number of hydrogen-bond acceptors (Lipinski definition) is 5. The van der Waals surface area contributed by atoms with Crippen LogP contribution in [0.5, 0.6) is 0 Å². The van der Waals surface area contributed by atoms with Crippen LogP contribution in [-0.4, -0.2) is 16.7 Å². The van der Waals surface area contributed by atoms with E-state index in [0.29, 0.717) is 24.2 Å². The molecule has 0 amide bonds. The second-order valence-electron chi connectivity index (χ2n) is 3.46. The summed E-state index contributed by atoms with van der Waals surface area (Å²) in [5.74, 6) is 1.69. The predicted octanol–water partition coefficient (Wildman–Crippen LogP) is 1.02. The normalized spacial score (nSPS) is 18.4. The van der Waals surface area contributed by atoms with Gasteiger partial charge in [-0.15, -0.1) is 0 Å². The molecule has 1 fully saturated rings. The average Bonchev–Trinajstić information content (AvgIpc) is 2.92. The summed E-state index contributed by atoms with van der Waals surface area (Å²) in [7, 11) is 0. The van der Waals surface area contributed by atoms with E-state index in [9.17, 15) is 0 Å². The maximum Gasteiger partial charge on any atom is 0.240 e. The summed E-state index contributed by atoms with van der Waals surface area (Å²) in [5, 5.41) is 3.88. The zero-order chi connectivity index (χ0) is 9.97. The third-order valence-corrected chi connectivity index (χ3v) is 2.31. The molecule has 1 aromatic rings. The summed E-state index contributed by atoms with van der Waals surface area (Å²) in [6.45, 7) is 2.93. The summed E-state index contributed by atoms with van der Waals surface area (Å²) in [4.78, 5) is 4.18. The van der Waals surface area contributed by atoms with Crippen LogP contribution in [0.4, 0.5) is 0 Å². The largest absolute Gasteiger partial charge is 0.370 e. The first-order chi connectivity index (χ1) is 6.85. The molecule has 0 bridgehead atoms. The lowest BCUT2D eigenvalue weighted by Crippen LogP contribution is -2.08. The fraction of sp³-hybridized carbons (Fsp3) is 0.778. The van der Waals surface area contributed by atoms with Crippen molar-refractivity contribution in [1.82, 2.24) is 10.1 Å². The van der Waals surface area contributed by atoms with Gasteiger partial charge in [0.1, 0.15) is 6.10 Å². The van der Waals surface area contributed by atoms with Gasteiger partial charge in [0.05, 0.1) is 6.54 Å². The van der Waals surface area contributed by atoms with E-state index in [0.717, 1.165) is 0 Å². The predicted molar refractivity (Wildman–Crippen MR) is 49.3 cm³/mol. The monoisotopic (exact) mass is 197 g/mol. The van der Waals surface area contributed by atoms with Gasteiger partial charge in [-0.05, 0) is 25.7 Å². The molecule has 0 aliphatic heterocycles. The lowest BCUT2D eigenvalue weighted by Gasteiger charge is -2.10. The molecular weight excluding hydrogens is 182 g/mol. The van der Waals surface area contributed by atoms with Crippen LogP contribution in [0, 0.1) is 5.92 Å². The highest BCUT2D eigenvalue weighted by molar-refractivity contribution is 4.98. The molecule has 5 heteroatoms. The number of ether oxygens (including phenoxy) is 1. The van der Waals surface area contributed by atoms with E-state index in [-0.39, 0.29) is 12.6 Å². The minimum atomic E-state index is 0.00375. The van der Waals surface area contributed by atoms with Crippen molar-refractivity contribution < 1.29 is 9.26 Å². The summed E-state index contributed by atoms with van der Waals surface area (Å²) < 4.78 is 10.5. The van der Waals surface area contributed by atoms with Crippen LogP contribution in [0.15, 0.2) is 4.52 Å². The third kappa shape index (κ3) is 1.93. The van der Waals surface area contributed by atoms with Crippen LogP contribution in [0.3, 0.4) is 0 Å². The highest BCUT2D eigenvalue weighted by Crippen LogP contribution is 2.42. The first-order valence-corrected chi connectivity index (χ1v) is 4.99. The molecule has 14 heavy (non-hydrogen) atoms. The molecule has 0 radical (unpaired) electrons. The first-order valence-electron chi connectivity index (χ1n) is 4.99. The van der Waals surface area contributed by atoms with Crippen molar-refractivity contribution in [2.24, 2.45) is 11.7 Å². The van der Waals surface area contributed by atoms with Gasteiger partial charge in [-0.25, -0.2) is 0 Å². The second kappa shape index (κ2) is 4.06. The van der Waals surface area contributed by atoms with Gasteiger partial charge in [-0.1, -0.05) is 5.16 Å². The molecule has 78 valence electrons. The molecule has 1 aliphatic carbocycles. The van der Waals surface area contributed by atoms with Crippen LogP contribution in [-0.2, 0) is 11.3 Å². The minimum Gasteiger partial charge on any atom is -0.370 e. The number of hydrogen-bond donors (Lipinski definition) is 1. The van der Waals surface area contributed by atoms with E-state index in [4.69, 9.17) is 15.0 Å². The topological polar surface area (TPSA) is 74.2 Å². The van der Waals surface area contributed by atoms with Crippen LogP contribution >= 0.6 is 0 Å². The Morgan fingerprint density at radius 2 is 2.43 bits per heavy atom. The van der Waals surface area contributed by atoms with Crippen molar-refractivity contribution in [3.8, 4) is 0 Å². The first kappa shape index (κ1) is 9.61. The van der Waals surface area contributed by atoms with Crippen LogP contribution in [0.25, 0.3) is 0 Å². The van der Waals surface area contributed by atoms with Gasteiger partial charge in [0.25, 0.3) is 0 Å². The molecule has 2 rings (SSSR count). The van der Waals surface area contributed by atoms with Gasteiger partial charge < -0.3 is 15.0 Å². The fourth-order valence-electron chi connectivity index (χ4n) is 1.47. The lowest BCUT2D eigenvalue weighted by atomic mass is 10.2. The van der Waals surface area contributed by atoms with Crippen molar-refractivity contribution in [2.45, 2.75) is 32.4 Å². The van der Waals surface area contributed by atoms with E-state index in [2.05, 4.69) is 10.1 Å². The quantitative estimate of drug-likeness (QED) is 0.762. The molecular formula is C9H15N3O2. The molecule has 0 aromatic carbocycles. The Morgan fingerprint density at radius 1 is 1.64 bits per heavy atom. The van der Waals surface area contributed by atoms with E-state index < -0.39 is 0 Å². The zero-order valence-corrected chi connectivity index (χ0v) is 8.27. The second-order valence-corrected chi connectivity index (χ2v) is 3.46. The average molecular weight is 197 g/mol. The highest BCUT2D eigenvalue weighted by Gasteiger charge is 2.35. The Bertz CT molecular complexity index is 296. The maximum atomic E-state index is 5.58. The number of nitrogens with two attached hydrogens (primary N) is 1. The van der Waals surface area contributed by atoms with E-state index >= 15 is 0 Å². The molecule has 0 spiro atoms. The Kier molecular flexibility index (Phi) is 2.79. The SMILES string of the molecule is CCOC(c1noc(CN)n1)C1CC1. The summed E-state index contributed by atoms with van der Waals surface area (Å²) >= 11 is 0. The fourth-order valence-corrected chi connectivity index (χ4v) is 1.47. The molecule has 2 N–H and O–H groups in total. The van der Waals surface area contributed by atoms with E-state index in [1.165, 1.54) is 12.8 Å². The van der Waals surface area contributed by atoms with Gasteiger partial charge in [0.15, 0.2) is 0 Å². The van der Waals surface area contributed by atoms with Crippen molar-refractivity contribution in [3.05, 3.63) is 11.7 Å². The van der Waals surface area contributed by atoms with Gasteiger partial charge in [0, 0.05) is 6.61 Å². The van der Waals surface area contributed by atoms with Crippen molar-refractivity contribution in [3.63, 3.8) is 0 Å². The van der Waals surface area contributed by atoms with Crippen LogP contribution in [0.1, 0.15) is 37.6 Å². The van der Waals surface area contributed by atoms with Crippen molar-refractivity contribution in [1.29, 1.82) is 0 Å². The highest BCUT2D eigenvalue weighted by atomic mass is 16.5. The van der Waals surface area contributed by atoms with Crippen molar-refractivity contribution >= 4 is 0 Å². The molecule has 1 saturated carbocycles. The number of nitrogens with zero attached hydrogens (tertiary/aromatic N) is 2.